The van der Waals surface area contributed by atoms with Gasteiger partial charge < -0.3 is 31.0 Å². The highest BCUT2D eigenvalue weighted by Gasteiger charge is 2.23. The molecule has 8 heteroatoms. The Hall–Kier alpha value is -2.71. The summed E-state index contributed by atoms with van der Waals surface area (Å²) in [6, 6.07) is 5.10. The van der Waals surface area contributed by atoms with Crippen molar-refractivity contribution in [2.45, 2.75) is 25.3 Å². The monoisotopic (exact) mass is 414 g/mol. The zero-order valence-corrected chi connectivity index (χ0v) is 17.6. The highest BCUT2D eigenvalue weighted by Crippen LogP contribution is 2.23. The molecule has 5 N–H and O–H groups in total. The van der Waals surface area contributed by atoms with Gasteiger partial charge in [0.15, 0.2) is 0 Å². The van der Waals surface area contributed by atoms with Crippen molar-refractivity contribution in [3.05, 3.63) is 47.0 Å². The fraction of sp³-hybridized carbons (Fsp3) is 0.455. The van der Waals surface area contributed by atoms with E-state index < -0.39 is 5.82 Å². The molecular formula is C22H31FN6O. The summed E-state index contributed by atoms with van der Waals surface area (Å²) in [7, 11) is 3.76. The zero-order valence-electron chi connectivity index (χ0n) is 17.6. The number of nitrogens with one attached hydrogen (secondary N) is 5. The average molecular weight is 415 g/mol. The molecule has 0 amide bonds. The van der Waals surface area contributed by atoms with Crippen LogP contribution in [-0.2, 0) is 4.74 Å². The fourth-order valence-electron chi connectivity index (χ4n) is 3.75. The third kappa shape index (κ3) is 5.46. The van der Waals surface area contributed by atoms with Crippen LogP contribution in [0.4, 0.5) is 10.1 Å². The Morgan fingerprint density at radius 1 is 1.30 bits per heavy atom. The summed E-state index contributed by atoms with van der Waals surface area (Å²) in [5.74, 6) is -0.245. The van der Waals surface area contributed by atoms with Crippen molar-refractivity contribution in [1.29, 1.82) is 10.8 Å². The second-order valence-corrected chi connectivity index (χ2v) is 7.70. The van der Waals surface area contributed by atoms with E-state index in [1.54, 1.807) is 25.4 Å². The molecule has 0 spiro atoms. The van der Waals surface area contributed by atoms with E-state index in [2.05, 4.69) is 20.9 Å². The Balaban J connectivity index is 1.78. The Morgan fingerprint density at radius 3 is 2.73 bits per heavy atom. The first-order valence-corrected chi connectivity index (χ1v) is 10.3. The van der Waals surface area contributed by atoms with Crippen LogP contribution in [0.25, 0.3) is 5.57 Å². The molecule has 1 saturated heterocycles. The van der Waals surface area contributed by atoms with Crippen molar-refractivity contribution in [3.63, 3.8) is 0 Å². The summed E-state index contributed by atoms with van der Waals surface area (Å²) in [6.07, 6.45) is 5.58. The van der Waals surface area contributed by atoms with Crippen LogP contribution in [0.3, 0.4) is 0 Å². The number of ether oxygens (including phenoxy) is 1. The molecule has 2 aliphatic rings. The molecule has 1 aromatic carbocycles. The van der Waals surface area contributed by atoms with Crippen molar-refractivity contribution >= 4 is 23.3 Å². The highest BCUT2D eigenvalue weighted by molar-refractivity contribution is 6.09. The third-order valence-electron chi connectivity index (χ3n) is 5.45. The minimum Gasteiger partial charge on any atom is -0.393 e. The molecule has 0 radical (unpaired) electrons. The maximum atomic E-state index is 14.7. The molecule has 2 heterocycles. The van der Waals surface area contributed by atoms with E-state index in [9.17, 15) is 4.39 Å². The molecule has 0 unspecified atom stereocenters. The molecule has 1 fully saturated rings. The predicted molar refractivity (Wildman–Crippen MR) is 120 cm³/mol. The number of allylic oxidation sites excluding steroid dienone is 1. The second-order valence-electron chi connectivity index (χ2n) is 7.70. The topological polar surface area (TPSA) is 96.3 Å². The Bertz CT molecular complexity index is 844. The average Bonchev–Trinajstić information content (AvgIpc) is 2.75. The van der Waals surface area contributed by atoms with Gasteiger partial charge in [0.25, 0.3) is 0 Å². The van der Waals surface area contributed by atoms with E-state index in [4.69, 9.17) is 15.6 Å². The van der Waals surface area contributed by atoms with Gasteiger partial charge in [-0.15, -0.1) is 0 Å². The first-order valence-electron chi connectivity index (χ1n) is 10.3. The van der Waals surface area contributed by atoms with Crippen LogP contribution in [0.5, 0.6) is 0 Å². The van der Waals surface area contributed by atoms with Gasteiger partial charge in [0.1, 0.15) is 11.7 Å². The SMILES string of the molecule is CN/C=C(\C=N)c1ccc(NC(=N)C2=C(NC3CCOCC3)CCN(C)C2)c(F)c1. The lowest BCUT2D eigenvalue weighted by Crippen LogP contribution is -2.41. The second kappa shape index (κ2) is 10.4. The minimum absolute atomic E-state index is 0.209. The smallest absolute Gasteiger partial charge is 0.147 e. The van der Waals surface area contributed by atoms with E-state index >= 15 is 0 Å². The summed E-state index contributed by atoms with van der Waals surface area (Å²) >= 11 is 0. The molecule has 2 aliphatic heterocycles. The molecular weight excluding hydrogens is 383 g/mol. The molecule has 0 bridgehead atoms. The first-order chi connectivity index (χ1) is 14.5. The van der Waals surface area contributed by atoms with Crippen LogP contribution in [0.1, 0.15) is 24.8 Å². The van der Waals surface area contributed by atoms with Crippen molar-refractivity contribution in [2.24, 2.45) is 0 Å². The van der Waals surface area contributed by atoms with E-state index in [-0.39, 0.29) is 11.5 Å². The zero-order chi connectivity index (χ0) is 21.5. The fourth-order valence-corrected chi connectivity index (χ4v) is 3.75. The number of anilines is 1. The Labute approximate surface area is 177 Å². The number of amidine groups is 1. The maximum Gasteiger partial charge on any atom is 0.147 e. The summed E-state index contributed by atoms with van der Waals surface area (Å²) in [6.45, 7) is 3.08. The van der Waals surface area contributed by atoms with E-state index in [0.29, 0.717) is 23.7 Å². The molecule has 0 aliphatic carbocycles. The van der Waals surface area contributed by atoms with E-state index in [0.717, 1.165) is 50.3 Å². The van der Waals surface area contributed by atoms with Crippen molar-refractivity contribution < 1.29 is 9.13 Å². The van der Waals surface area contributed by atoms with Gasteiger partial charge in [-0.1, -0.05) is 6.07 Å². The van der Waals surface area contributed by atoms with Gasteiger partial charge in [-0.3, -0.25) is 5.41 Å². The Morgan fingerprint density at radius 2 is 2.07 bits per heavy atom. The van der Waals surface area contributed by atoms with Gasteiger partial charge in [0.2, 0.25) is 0 Å². The number of nitrogens with zero attached hydrogens (tertiary/aromatic N) is 1. The first kappa shape index (κ1) is 22.0. The number of hydrogen-bond donors (Lipinski definition) is 5. The Kier molecular flexibility index (Phi) is 7.59. The van der Waals surface area contributed by atoms with Gasteiger partial charge >= 0.3 is 0 Å². The predicted octanol–water partition coefficient (Wildman–Crippen LogP) is 2.78. The lowest BCUT2D eigenvalue weighted by Gasteiger charge is -2.32. The largest absolute Gasteiger partial charge is 0.393 e. The van der Waals surface area contributed by atoms with Crippen LogP contribution in [0.15, 0.2) is 35.7 Å². The highest BCUT2D eigenvalue weighted by atomic mass is 19.1. The van der Waals surface area contributed by atoms with E-state index in [1.807, 2.05) is 7.05 Å². The lowest BCUT2D eigenvalue weighted by atomic mass is 10.0. The van der Waals surface area contributed by atoms with Crippen molar-refractivity contribution in [1.82, 2.24) is 15.5 Å². The molecule has 3 rings (SSSR count). The summed E-state index contributed by atoms with van der Waals surface area (Å²) in [5.41, 5.74) is 3.38. The third-order valence-corrected chi connectivity index (χ3v) is 5.45. The number of benzene rings is 1. The van der Waals surface area contributed by atoms with Crippen LogP contribution >= 0.6 is 0 Å². The van der Waals surface area contributed by atoms with Crippen molar-refractivity contribution in [3.8, 4) is 0 Å². The van der Waals surface area contributed by atoms with Crippen molar-refractivity contribution in [2.75, 3.05) is 45.7 Å². The van der Waals surface area contributed by atoms with Crippen LogP contribution < -0.4 is 16.0 Å². The lowest BCUT2D eigenvalue weighted by molar-refractivity contribution is 0.0798. The summed E-state index contributed by atoms with van der Waals surface area (Å²) in [5, 5.41) is 25.5. The van der Waals surface area contributed by atoms with Gasteiger partial charge in [0, 0.05) is 75.1 Å². The minimum atomic E-state index is -0.454. The molecule has 0 saturated carbocycles. The van der Waals surface area contributed by atoms with Crippen LogP contribution in [0, 0.1) is 16.6 Å². The molecule has 7 nitrogen and oxygen atoms in total. The molecule has 30 heavy (non-hydrogen) atoms. The normalized spacial score (nSPS) is 18.8. The summed E-state index contributed by atoms with van der Waals surface area (Å²) < 4.78 is 20.2. The van der Waals surface area contributed by atoms with Gasteiger partial charge in [-0.25, -0.2) is 4.39 Å². The summed E-state index contributed by atoms with van der Waals surface area (Å²) in [4.78, 5) is 2.17. The molecule has 1 aromatic rings. The number of likely N-dealkylation sites (N-methyl/N-ethyl adjacent to an activating group) is 1. The van der Waals surface area contributed by atoms with E-state index in [1.165, 1.54) is 12.3 Å². The number of hydrogen-bond acceptors (Lipinski definition) is 6. The maximum absolute atomic E-state index is 14.7. The van der Waals surface area contributed by atoms with Gasteiger partial charge in [0.05, 0.1) is 5.69 Å². The van der Waals surface area contributed by atoms with Gasteiger partial charge in [-0.2, -0.15) is 0 Å². The molecule has 0 atom stereocenters. The number of halogens is 1. The molecule has 162 valence electrons. The van der Waals surface area contributed by atoms with Gasteiger partial charge in [-0.05, 0) is 37.6 Å². The van der Waals surface area contributed by atoms with Crippen LogP contribution in [0.2, 0.25) is 0 Å². The standard InChI is InChI=1S/C22H31FN6O/c1-26-13-16(12-24)15-3-4-21(19(23)11-15)28-22(25)18-14-29(2)8-5-20(18)27-17-6-9-30-10-7-17/h3-4,11-13,17,24,26-27H,5-10,14H2,1-2H3,(H2,25,28)/b16-13+,24-12?. The number of rotatable bonds is 7. The molecule has 0 aromatic heterocycles. The van der Waals surface area contributed by atoms with Crippen LogP contribution in [-0.4, -0.2) is 63.4 Å². The quantitative estimate of drug-likeness (QED) is 0.349.